The summed E-state index contributed by atoms with van der Waals surface area (Å²) < 4.78 is 0. The van der Waals surface area contributed by atoms with Crippen molar-refractivity contribution < 1.29 is 19.2 Å². The van der Waals surface area contributed by atoms with Crippen molar-refractivity contribution in [2.45, 2.75) is 25.7 Å². The van der Waals surface area contributed by atoms with Gasteiger partial charge in [0.2, 0.25) is 24.3 Å². The predicted molar refractivity (Wildman–Crippen MR) is 77.4 cm³/mol. The van der Waals surface area contributed by atoms with Crippen LogP contribution >= 0.6 is 0 Å². The first-order valence-electron chi connectivity index (χ1n) is 6.93. The fourth-order valence-corrected chi connectivity index (χ4v) is 2.04. The number of isocyanates is 4. The van der Waals surface area contributed by atoms with Gasteiger partial charge in [-0.2, -0.15) is 0 Å². The zero-order valence-corrected chi connectivity index (χ0v) is 12.2. The van der Waals surface area contributed by atoms with E-state index in [2.05, 4.69) is 20.0 Å². The molecule has 8 nitrogen and oxygen atoms in total. The molecule has 0 aromatic carbocycles. The Morgan fingerprint density at radius 2 is 1.05 bits per heavy atom. The van der Waals surface area contributed by atoms with Crippen LogP contribution in [-0.2, 0) is 19.2 Å². The van der Waals surface area contributed by atoms with Crippen LogP contribution in [0.4, 0.5) is 0 Å². The van der Waals surface area contributed by atoms with Crippen LogP contribution in [-0.4, -0.2) is 50.5 Å². The molecule has 0 fully saturated rings. The minimum Gasteiger partial charge on any atom is -0.211 e. The molecule has 0 amide bonds. The summed E-state index contributed by atoms with van der Waals surface area (Å²) in [6.07, 6.45) is 8.74. The molecular weight excluding hydrogens is 288 g/mol. The van der Waals surface area contributed by atoms with Crippen LogP contribution < -0.4 is 0 Å². The molecule has 1 unspecified atom stereocenters. The molecular formula is C14H18N4O4. The zero-order valence-electron chi connectivity index (χ0n) is 12.2. The van der Waals surface area contributed by atoms with Crippen LogP contribution in [0.3, 0.4) is 0 Å². The maximum absolute atomic E-state index is 10.2. The highest BCUT2D eigenvalue weighted by Gasteiger charge is 2.13. The first kappa shape index (κ1) is 19.5. The second-order valence-corrected chi connectivity index (χ2v) is 4.72. The molecule has 0 rings (SSSR count). The molecule has 0 radical (unpaired) electrons. The summed E-state index contributed by atoms with van der Waals surface area (Å²) in [5.41, 5.74) is 0. The van der Waals surface area contributed by atoms with Crippen molar-refractivity contribution >= 4 is 24.3 Å². The number of rotatable bonds is 13. The molecule has 1 atom stereocenters. The zero-order chi connectivity index (χ0) is 16.5. The Balaban J connectivity index is 4.44. The lowest BCUT2D eigenvalue weighted by atomic mass is 9.92. The van der Waals surface area contributed by atoms with Crippen molar-refractivity contribution in [3.63, 3.8) is 0 Å². The minimum absolute atomic E-state index is 0.0568. The molecule has 0 bridgehead atoms. The lowest BCUT2D eigenvalue weighted by Gasteiger charge is -2.16. The van der Waals surface area contributed by atoms with Gasteiger partial charge in [0.1, 0.15) is 0 Å². The van der Waals surface area contributed by atoms with Crippen LogP contribution in [0.15, 0.2) is 20.0 Å². The minimum atomic E-state index is -0.0568. The standard InChI is InChI=1S/C14H18N4O4/c19-9-15-5-1-2-13(6-16-10-20)3-4-14(7-17-11-21)8-18-12-22/h13-14H,1-8H2. The summed E-state index contributed by atoms with van der Waals surface area (Å²) in [5.74, 6) is 0.0739. The average molecular weight is 306 g/mol. The predicted octanol–water partition coefficient (Wildman–Crippen LogP) is 1.12. The van der Waals surface area contributed by atoms with Crippen molar-refractivity contribution in [1.82, 2.24) is 0 Å². The second kappa shape index (κ2) is 14.9. The lowest BCUT2D eigenvalue weighted by Crippen LogP contribution is -2.13. The van der Waals surface area contributed by atoms with Crippen LogP contribution in [0, 0.1) is 11.8 Å². The van der Waals surface area contributed by atoms with E-state index in [0.717, 1.165) is 12.8 Å². The fourth-order valence-electron chi connectivity index (χ4n) is 2.04. The van der Waals surface area contributed by atoms with E-state index in [9.17, 15) is 19.2 Å². The number of hydrogen-bond acceptors (Lipinski definition) is 8. The smallest absolute Gasteiger partial charge is 0.211 e. The fraction of sp³-hybridized carbons (Fsp3) is 0.714. The Morgan fingerprint density at radius 1 is 0.591 bits per heavy atom. The van der Waals surface area contributed by atoms with Crippen LogP contribution in [0.5, 0.6) is 0 Å². The van der Waals surface area contributed by atoms with Crippen molar-refractivity contribution in [3.05, 3.63) is 0 Å². The molecule has 0 saturated carbocycles. The summed E-state index contributed by atoms with van der Waals surface area (Å²) >= 11 is 0. The highest BCUT2D eigenvalue weighted by atomic mass is 16.1. The Morgan fingerprint density at radius 3 is 1.55 bits per heavy atom. The summed E-state index contributed by atoms with van der Waals surface area (Å²) in [4.78, 5) is 54.6. The SMILES string of the molecule is O=C=NCCCC(CCC(CN=C=O)CN=C=O)CN=C=O. The van der Waals surface area contributed by atoms with E-state index in [1.807, 2.05) is 0 Å². The maximum Gasteiger partial charge on any atom is 0.234 e. The second-order valence-electron chi connectivity index (χ2n) is 4.72. The van der Waals surface area contributed by atoms with Gasteiger partial charge in [-0.1, -0.05) is 0 Å². The molecule has 22 heavy (non-hydrogen) atoms. The van der Waals surface area contributed by atoms with Gasteiger partial charge in [-0.05, 0) is 37.5 Å². The third-order valence-electron chi connectivity index (χ3n) is 3.17. The van der Waals surface area contributed by atoms with Gasteiger partial charge in [-0.3, -0.25) is 0 Å². The topological polar surface area (TPSA) is 118 Å². The number of nitrogens with zero attached hydrogens (tertiary/aromatic N) is 4. The van der Waals surface area contributed by atoms with E-state index in [4.69, 9.17) is 0 Å². The Hall–Kier alpha value is -2.48. The normalized spacial score (nSPS) is 11.8. The summed E-state index contributed by atoms with van der Waals surface area (Å²) in [6, 6.07) is 0. The largest absolute Gasteiger partial charge is 0.234 e. The Labute approximate surface area is 128 Å². The summed E-state index contributed by atoms with van der Waals surface area (Å²) in [7, 11) is 0. The van der Waals surface area contributed by atoms with Crippen LogP contribution in [0.25, 0.3) is 0 Å². The Bertz CT molecular complexity index is 477. The summed E-state index contributed by atoms with van der Waals surface area (Å²) in [5, 5.41) is 0. The van der Waals surface area contributed by atoms with Gasteiger partial charge in [0.05, 0.1) is 26.2 Å². The molecule has 118 valence electrons. The van der Waals surface area contributed by atoms with Gasteiger partial charge >= 0.3 is 0 Å². The quantitative estimate of drug-likeness (QED) is 0.288. The van der Waals surface area contributed by atoms with Gasteiger partial charge in [0.25, 0.3) is 0 Å². The van der Waals surface area contributed by atoms with E-state index in [1.54, 1.807) is 0 Å². The third kappa shape index (κ3) is 11.4. The highest BCUT2D eigenvalue weighted by molar-refractivity contribution is 5.34. The number of aliphatic imine (C=N–C) groups is 4. The molecule has 0 aromatic heterocycles. The number of hydrogen-bond donors (Lipinski definition) is 0. The van der Waals surface area contributed by atoms with Gasteiger partial charge in [0, 0.05) is 0 Å². The highest BCUT2D eigenvalue weighted by Crippen LogP contribution is 2.19. The van der Waals surface area contributed by atoms with E-state index < -0.39 is 0 Å². The average Bonchev–Trinajstić information content (AvgIpc) is 2.54. The number of carbonyl (C=O) groups excluding carboxylic acids is 4. The van der Waals surface area contributed by atoms with Crippen LogP contribution in [0.2, 0.25) is 0 Å². The first-order valence-corrected chi connectivity index (χ1v) is 6.93. The molecule has 0 aliphatic heterocycles. The van der Waals surface area contributed by atoms with Gasteiger partial charge in [0.15, 0.2) is 0 Å². The molecule has 0 saturated heterocycles. The van der Waals surface area contributed by atoms with Crippen molar-refractivity contribution in [2.75, 3.05) is 26.2 Å². The van der Waals surface area contributed by atoms with Crippen LogP contribution in [0.1, 0.15) is 25.7 Å². The van der Waals surface area contributed by atoms with Gasteiger partial charge in [-0.25, -0.2) is 39.1 Å². The lowest BCUT2D eigenvalue weighted by molar-refractivity contribution is 0.383. The molecule has 0 N–H and O–H groups in total. The third-order valence-corrected chi connectivity index (χ3v) is 3.17. The van der Waals surface area contributed by atoms with E-state index in [0.29, 0.717) is 25.9 Å². The molecule has 0 aliphatic carbocycles. The van der Waals surface area contributed by atoms with E-state index in [-0.39, 0.29) is 24.9 Å². The monoisotopic (exact) mass is 306 g/mol. The molecule has 0 heterocycles. The molecule has 0 aromatic rings. The maximum atomic E-state index is 10.2. The Kier molecular flexibility index (Phi) is 13.2. The van der Waals surface area contributed by atoms with Crippen molar-refractivity contribution in [2.24, 2.45) is 31.8 Å². The summed E-state index contributed by atoms with van der Waals surface area (Å²) in [6.45, 7) is 1.22. The van der Waals surface area contributed by atoms with E-state index >= 15 is 0 Å². The van der Waals surface area contributed by atoms with Crippen molar-refractivity contribution in [3.8, 4) is 0 Å². The molecule has 0 spiro atoms. The molecule has 0 aliphatic rings. The van der Waals surface area contributed by atoms with Gasteiger partial charge < -0.3 is 0 Å². The van der Waals surface area contributed by atoms with Gasteiger partial charge in [-0.15, -0.1) is 0 Å². The molecule has 8 heteroatoms. The first-order chi connectivity index (χ1) is 10.8. The van der Waals surface area contributed by atoms with Crippen molar-refractivity contribution in [1.29, 1.82) is 0 Å². The van der Waals surface area contributed by atoms with E-state index in [1.165, 1.54) is 24.3 Å².